The van der Waals surface area contributed by atoms with E-state index < -0.39 is 0 Å². The molecule has 0 saturated carbocycles. The number of benzene rings is 1. The largest absolute Gasteiger partial charge is 0.468 e. The number of nitrogens with zero attached hydrogens (tertiary/aromatic N) is 4. The number of carbonyl (C=O) groups excluding carboxylic acids is 1. The standard InChI is InChI=1S/C21H20N4O2S2/c1-27-17(26)12-28-21-24-23-19-18-14-9-5-6-10-15(14)29-20(18)22-16(25(19)21)11-13-7-3-2-4-8-13/h2-4,7-8H,5-6,9-12H2,1H3. The number of hydrogen-bond donors (Lipinski definition) is 0. The summed E-state index contributed by atoms with van der Waals surface area (Å²) in [5.74, 6) is 0.815. The van der Waals surface area contributed by atoms with E-state index in [9.17, 15) is 4.79 Å². The Bertz CT molecular complexity index is 1200. The first-order valence-electron chi connectivity index (χ1n) is 9.66. The van der Waals surface area contributed by atoms with Gasteiger partial charge in [-0.05, 0) is 36.8 Å². The van der Waals surface area contributed by atoms with Crippen LogP contribution in [-0.2, 0) is 28.8 Å². The summed E-state index contributed by atoms with van der Waals surface area (Å²) in [6.07, 6.45) is 5.31. The average Bonchev–Trinajstić information content (AvgIpc) is 3.33. The van der Waals surface area contributed by atoms with Crippen molar-refractivity contribution >= 4 is 44.9 Å². The summed E-state index contributed by atoms with van der Waals surface area (Å²) < 4.78 is 6.82. The number of aromatic nitrogens is 4. The monoisotopic (exact) mass is 424 g/mol. The summed E-state index contributed by atoms with van der Waals surface area (Å²) in [7, 11) is 1.40. The molecule has 148 valence electrons. The first kappa shape index (κ1) is 18.6. The van der Waals surface area contributed by atoms with E-state index in [1.807, 2.05) is 22.6 Å². The van der Waals surface area contributed by atoms with E-state index in [1.165, 1.54) is 47.7 Å². The molecule has 3 heterocycles. The quantitative estimate of drug-likeness (QED) is 0.355. The Morgan fingerprint density at radius 1 is 1.21 bits per heavy atom. The second-order valence-electron chi connectivity index (χ2n) is 7.09. The molecule has 0 radical (unpaired) electrons. The number of hydrogen-bond acceptors (Lipinski definition) is 7. The Morgan fingerprint density at radius 2 is 2.03 bits per heavy atom. The number of ether oxygens (including phenoxy) is 1. The van der Waals surface area contributed by atoms with Gasteiger partial charge in [0.25, 0.3) is 0 Å². The van der Waals surface area contributed by atoms with Crippen molar-refractivity contribution in [3.8, 4) is 0 Å². The predicted molar refractivity (Wildman–Crippen MR) is 115 cm³/mol. The number of methoxy groups -OCH3 is 1. The Balaban J connectivity index is 1.69. The highest BCUT2D eigenvalue weighted by Gasteiger charge is 2.24. The third-order valence-corrected chi connectivity index (χ3v) is 7.34. The molecule has 0 bridgehead atoms. The smallest absolute Gasteiger partial charge is 0.316 e. The van der Waals surface area contributed by atoms with E-state index in [1.54, 1.807) is 11.3 Å². The molecule has 0 amide bonds. The fourth-order valence-corrected chi connectivity index (χ4v) is 5.92. The molecule has 6 nitrogen and oxygen atoms in total. The molecule has 5 rings (SSSR count). The van der Waals surface area contributed by atoms with Crippen LogP contribution in [0.4, 0.5) is 0 Å². The summed E-state index contributed by atoms with van der Waals surface area (Å²) in [5.41, 5.74) is 3.42. The molecule has 0 atom stereocenters. The van der Waals surface area contributed by atoms with Gasteiger partial charge in [-0.1, -0.05) is 42.1 Å². The maximum absolute atomic E-state index is 11.7. The second kappa shape index (κ2) is 7.76. The zero-order valence-electron chi connectivity index (χ0n) is 16.1. The van der Waals surface area contributed by atoms with Crippen molar-refractivity contribution in [1.29, 1.82) is 0 Å². The molecule has 8 heteroatoms. The molecule has 1 aliphatic rings. The number of esters is 1. The molecular formula is C21H20N4O2S2. The van der Waals surface area contributed by atoms with Crippen LogP contribution in [0.15, 0.2) is 35.5 Å². The molecule has 0 aliphatic heterocycles. The number of rotatable bonds is 5. The third-order valence-electron chi connectivity index (χ3n) is 5.25. The molecule has 0 fully saturated rings. The molecule has 0 unspecified atom stereocenters. The number of thioether (sulfide) groups is 1. The molecule has 3 aromatic heterocycles. The van der Waals surface area contributed by atoms with Gasteiger partial charge in [0.05, 0.1) is 18.2 Å². The number of aryl methyl sites for hydroxylation is 2. The first-order valence-corrected chi connectivity index (χ1v) is 11.5. The van der Waals surface area contributed by atoms with Crippen LogP contribution in [0.25, 0.3) is 15.9 Å². The summed E-state index contributed by atoms with van der Waals surface area (Å²) in [6, 6.07) is 10.3. The van der Waals surface area contributed by atoms with Crippen molar-refractivity contribution in [3.05, 3.63) is 52.2 Å². The van der Waals surface area contributed by atoms with Crippen molar-refractivity contribution in [2.75, 3.05) is 12.9 Å². The van der Waals surface area contributed by atoms with Crippen molar-refractivity contribution in [1.82, 2.24) is 19.6 Å². The minimum absolute atomic E-state index is 0.196. The normalized spacial score (nSPS) is 13.7. The Kier molecular flexibility index (Phi) is 4.97. The minimum atomic E-state index is -0.279. The lowest BCUT2D eigenvalue weighted by molar-refractivity contribution is -0.137. The molecule has 0 N–H and O–H groups in total. The molecule has 4 aromatic rings. The van der Waals surface area contributed by atoms with Crippen LogP contribution in [0.1, 0.15) is 34.7 Å². The Labute approximate surface area is 176 Å². The topological polar surface area (TPSA) is 69.4 Å². The number of fused-ring (bicyclic) bond motifs is 5. The van der Waals surface area contributed by atoms with Gasteiger partial charge in [0.2, 0.25) is 0 Å². The van der Waals surface area contributed by atoms with E-state index in [-0.39, 0.29) is 11.7 Å². The zero-order chi connectivity index (χ0) is 19.8. The molecule has 29 heavy (non-hydrogen) atoms. The van der Waals surface area contributed by atoms with E-state index in [4.69, 9.17) is 9.72 Å². The van der Waals surface area contributed by atoms with Gasteiger partial charge in [-0.15, -0.1) is 21.5 Å². The van der Waals surface area contributed by atoms with Crippen LogP contribution in [0.3, 0.4) is 0 Å². The van der Waals surface area contributed by atoms with Gasteiger partial charge in [-0.2, -0.15) is 0 Å². The summed E-state index contributed by atoms with van der Waals surface area (Å²) in [6.45, 7) is 0. The highest BCUT2D eigenvalue weighted by Crippen LogP contribution is 2.38. The molecule has 0 saturated heterocycles. The van der Waals surface area contributed by atoms with Gasteiger partial charge in [0.15, 0.2) is 10.8 Å². The van der Waals surface area contributed by atoms with Crippen LogP contribution >= 0.6 is 23.1 Å². The zero-order valence-corrected chi connectivity index (χ0v) is 17.7. The van der Waals surface area contributed by atoms with Crippen molar-refractivity contribution in [2.45, 2.75) is 37.3 Å². The lowest BCUT2D eigenvalue weighted by Gasteiger charge is -2.11. The Hall–Kier alpha value is -2.45. The molecule has 0 spiro atoms. The maximum Gasteiger partial charge on any atom is 0.316 e. The Morgan fingerprint density at radius 3 is 2.86 bits per heavy atom. The van der Waals surface area contributed by atoms with Crippen molar-refractivity contribution in [2.24, 2.45) is 0 Å². The minimum Gasteiger partial charge on any atom is -0.468 e. The highest BCUT2D eigenvalue weighted by molar-refractivity contribution is 7.99. The van der Waals surface area contributed by atoms with Gasteiger partial charge in [-0.3, -0.25) is 9.20 Å². The average molecular weight is 425 g/mol. The summed E-state index contributed by atoms with van der Waals surface area (Å²) in [4.78, 5) is 19.2. The van der Waals surface area contributed by atoms with E-state index in [2.05, 4.69) is 22.3 Å². The maximum atomic E-state index is 11.7. The fraction of sp³-hybridized carbons (Fsp3) is 0.333. The van der Waals surface area contributed by atoms with Gasteiger partial charge in [0, 0.05) is 11.3 Å². The third kappa shape index (κ3) is 3.40. The van der Waals surface area contributed by atoms with Crippen LogP contribution in [0, 0.1) is 0 Å². The fourth-order valence-electron chi connectivity index (χ4n) is 3.87. The molecule has 1 aliphatic carbocycles. The van der Waals surface area contributed by atoms with Crippen LogP contribution in [0.5, 0.6) is 0 Å². The lowest BCUT2D eigenvalue weighted by Crippen LogP contribution is -2.07. The molecular weight excluding hydrogens is 404 g/mol. The van der Waals surface area contributed by atoms with Gasteiger partial charge >= 0.3 is 5.97 Å². The number of carbonyl (C=O) groups is 1. The van der Waals surface area contributed by atoms with E-state index in [0.29, 0.717) is 11.6 Å². The van der Waals surface area contributed by atoms with Crippen molar-refractivity contribution in [3.63, 3.8) is 0 Å². The summed E-state index contributed by atoms with van der Waals surface area (Å²) >= 11 is 3.14. The number of thiophene rings is 1. The summed E-state index contributed by atoms with van der Waals surface area (Å²) in [5, 5.41) is 10.8. The van der Waals surface area contributed by atoms with Crippen LogP contribution in [0.2, 0.25) is 0 Å². The van der Waals surface area contributed by atoms with Crippen LogP contribution < -0.4 is 0 Å². The second-order valence-corrected chi connectivity index (χ2v) is 9.11. The van der Waals surface area contributed by atoms with Gasteiger partial charge < -0.3 is 4.74 Å². The van der Waals surface area contributed by atoms with E-state index >= 15 is 0 Å². The van der Waals surface area contributed by atoms with Gasteiger partial charge in [-0.25, -0.2) is 4.98 Å². The van der Waals surface area contributed by atoms with E-state index in [0.717, 1.165) is 34.5 Å². The SMILES string of the molecule is COC(=O)CSc1nnc2c3c4c(sc3nc(Cc3ccccc3)n12)CCCC4. The lowest BCUT2D eigenvalue weighted by atomic mass is 9.97. The predicted octanol–water partition coefficient (Wildman–Crippen LogP) is 4.07. The van der Waals surface area contributed by atoms with Crippen LogP contribution in [-0.4, -0.2) is 38.4 Å². The highest BCUT2D eigenvalue weighted by atomic mass is 32.2. The van der Waals surface area contributed by atoms with Crippen molar-refractivity contribution < 1.29 is 9.53 Å². The van der Waals surface area contributed by atoms with Gasteiger partial charge in [0.1, 0.15) is 10.7 Å². The first-order chi connectivity index (χ1) is 14.2. The molecule has 1 aromatic carbocycles.